The summed E-state index contributed by atoms with van der Waals surface area (Å²) in [5.74, 6) is 1.36. The minimum Gasteiger partial charge on any atom is -0.496 e. The number of benzene rings is 1. The number of hydrogen-bond donors (Lipinski definition) is 0. The zero-order chi connectivity index (χ0) is 13.0. The van der Waals surface area contributed by atoms with Gasteiger partial charge in [0.2, 0.25) is 0 Å². The van der Waals surface area contributed by atoms with Gasteiger partial charge in [-0.15, -0.1) is 0 Å². The molecule has 0 saturated heterocycles. The van der Waals surface area contributed by atoms with Crippen molar-refractivity contribution in [1.29, 1.82) is 0 Å². The predicted octanol–water partition coefficient (Wildman–Crippen LogP) is 5.04. The fourth-order valence-electron chi connectivity index (χ4n) is 2.18. The van der Waals surface area contributed by atoms with Gasteiger partial charge < -0.3 is 4.74 Å². The average molecular weight is 253 g/mol. The van der Waals surface area contributed by atoms with E-state index in [2.05, 4.69) is 26.0 Å². The summed E-state index contributed by atoms with van der Waals surface area (Å²) >= 11 is 6.32. The summed E-state index contributed by atoms with van der Waals surface area (Å²) in [7, 11) is 1.72. The summed E-state index contributed by atoms with van der Waals surface area (Å²) in [5, 5.41) is 0.855. The van der Waals surface area contributed by atoms with Crippen molar-refractivity contribution in [3.63, 3.8) is 0 Å². The monoisotopic (exact) mass is 252 g/mol. The fraction of sp³-hybridized carbons (Fsp3) is 0.467. The highest BCUT2D eigenvalue weighted by Crippen LogP contribution is 2.37. The zero-order valence-electron chi connectivity index (χ0n) is 11.3. The van der Waals surface area contributed by atoms with Gasteiger partial charge in [-0.05, 0) is 50.3 Å². The van der Waals surface area contributed by atoms with Crippen molar-refractivity contribution in [3.05, 3.63) is 39.9 Å². The number of halogens is 1. The van der Waals surface area contributed by atoms with Crippen LogP contribution in [0.4, 0.5) is 0 Å². The second kappa shape index (κ2) is 6.11. The maximum Gasteiger partial charge on any atom is 0.122 e. The first-order valence-electron chi connectivity index (χ1n) is 5.97. The molecule has 2 heteroatoms. The Balaban J connectivity index is 3.25. The molecule has 0 spiro atoms. The van der Waals surface area contributed by atoms with E-state index >= 15 is 0 Å². The van der Waals surface area contributed by atoms with Gasteiger partial charge in [-0.1, -0.05) is 30.7 Å². The molecule has 0 N–H and O–H groups in total. The van der Waals surface area contributed by atoms with E-state index in [1.54, 1.807) is 7.11 Å². The first kappa shape index (κ1) is 14.1. The molecule has 1 nitrogen and oxygen atoms in total. The molecule has 0 aliphatic carbocycles. The van der Waals surface area contributed by atoms with E-state index in [9.17, 15) is 0 Å². The Morgan fingerprint density at radius 2 is 2.06 bits per heavy atom. The number of rotatable bonds is 4. The van der Waals surface area contributed by atoms with Crippen LogP contribution >= 0.6 is 11.6 Å². The van der Waals surface area contributed by atoms with Crippen LogP contribution in [0.15, 0.2) is 18.2 Å². The van der Waals surface area contributed by atoms with Gasteiger partial charge in [-0.3, -0.25) is 0 Å². The Morgan fingerprint density at radius 1 is 1.41 bits per heavy atom. The number of methoxy groups -OCH3 is 1. The van der Waals surface area contributed by atoms with Gasteiger partial charge in [0.15, 0.2) is 0 Å². The predicted molar refractivity (Wildman–Crippen MR) is 75.3 cm³/mol. The van der Waals surface area contributed by atoms with E-state index in [4.69, 9.17) is 16.3 Å². The van der Waals surface area contributed by atoms with Crippen molar-refractivity contribution >= 4 is 11.6 Å². The summed E-state index contributed by atoms with van der Waals surface area (Å²) in [6, 6.07) is 2.02. The number of allylic oxidation sites excluding steroid dienone is 2. The van der Waals surface area contributed by atoms with Crippen LogP contribution in [0.1, 0.15) is 42.9 Å². The van der Waals surface area contributed by atoms with E-state index in [1.165, 1.54) is 5.56 Å². The minimum atomic E-state index is 0.416. The molecule has 0 saturated carbocycles. The van der Waals surface area contributed by atoms with Crippen LogP contribution in [0.2, 0.25) is 5.02 Å². The fourth-order valence-corrected chi connectivity index (χ4v) is 2.33. The second-order valence-electron chi connectivity index (χ2n) is 4.45. The molecule has 1 aromatic rings. The van der Waals surface area contributed by atoms with Gasteiger partial charge in [0.1, 0.15) is 5.75 Å². The van der Waals surface area contributed by atoms with E-state index in [0.717, 1.165) is 28.3 Å². The molecule has 0 bridgehead atoms. The third-order valence-electron chi connectivity index (χ3n) is 3.13. The second-order valence-corrected chi connectivity index (χ2v) is 4.83. The average Bonchev–Trinajstić information content (AvgIpc) is 2.32. The quantitative estimate of drug-likeness (QED) is 0.683. The maximum absolute atomic E-state index is 6.32. The smallest absolute Gasteiger partial charge is 0.122 e. The van der Waals surface area contributed by atoms with Crippen LogP contribution in [0.3, 0.4) is 0 Å². The van der Waals surface area contributed by atoms with Crippen molar-refractivity contribution in [1.82, 2.24) is 0 Å². The molecule has 1 atom stereocenters. The SMILES string of the molecule is C/C=C\CC(C)c1c(OC)cc(C)c(Cl)c1C. The summed E-state index contributed by atoms with van der Waals surface area (Å²) < 4.78 is 5.48. The molecule has 1 rings (SSSR count). The molecule has 0 heterocycles. The highest BCUT2D eigenvalue weighted by Gasteiger charge is 2.17. The highest BCUT2D eigenvalue weighted by molar-refractivity contribution is 6.32. The molecule has 0 aliphatic heterocycles. The van der Waals surface area contributed by atoms with Crippen LogP contribution in [0.5, 0.6) is 5.75 Å². The van der Waals surface area contributed by atoms with Crippen LogP contribution < -0.4 is 4.74 Å². The van der Waals surface area contributed by atoms with Crippen molar-refractivity contribution in [3.8, 4) is 5.75 Å². The molecule has 17 heavy (non-hydrogen) atoms. The lowest BCUT2D eigenvalue weighted by Gasteiger charge is -2.19. The number of hydrogen-bond acceptors (Lipinski definition) is 1. The molecule has 1 unspecified atom stereocenters. The topological polar surface area (TPSA) is 9.23 Å². The van der Waals surface area contributed by atoms with Crippen molar-refractivity contribution in [2.24, 2.45) is 0 Å². The zero-order valence-corrected chi connectivity index (χ0v) is 12.1. The molecule has 0 radical (unpaired) electrons. The highest BCUT2D eigenvalue weighted by atomic mass is 35.5. The lowest BCUT2D eigenvalue weighted by molar-refractivity contribution is 0.405. The molecular weight excluding hydrogens is 232 g/mol. The Kier molecular flexibility index (Phi) is 5.07. The Bertz CT molecular complexity index is 421. The summed E-state index contributed by atoms with van der Waals surface area (Å²) in [6.07, 6.45) is 5.26. The lowest BCUT2D eigenvalue weighted by Crippen LogP contribution is -2.02. The van der Waals surface area contributed by atoms with Crippen LogP contribution in [-0.4, -0.2) is 7.11 Å². The van der Waals surface area contributed by atoms with E-state index in [1.807, 2.05) is 19.9 Å². The van der Waals surface area contributed by atoms with Gasteiger partial charge in [-0.2, -0.15) is 0 Å². The molecule has 0 aromatic heterocycles. The van der Waals surface area contributed by atoms with E-state index in [-0.39, 0.29) is 0 Å². The number of aryl methyl sites for hydroxylation is 1. The van der Waals surface area contributed by atoms with Gasteiger partial charge in [0, 0.05) is 10.6 Å². The maximum atomic E-state index is 6.32. The summed E-state index contributed by atoms with van der Waals surface area (Å²) in [4.78, 5) is 0. The molecule has 0 aliphatic rings. The molecule has 94 valence electrons. The molecule has 0 amide bonds. The van der Waals surface area contributed by atoms with Crippen LogP contribution in [0.25, 0.3) is 0 Å². The van der Waals surface area contributed by atoms with Gasteiger partial charge >= 0.3 is 0 Å². The summed E-state index contributed by atoms with van der Waals surface area (Å²) in [6.45, 7) is 8.33. The van der Waals surface area contributed by atoms with Crippen LogP contribution in [0, 0.1) is 13.8 Å². The van der Waals surface area contributed by atoms with Gasteiger partial charge in [0.25, 0.3) is 0 Å². The third-order valence-corrected chi connectivity index (χ3v) is 3.71. The normalized spacial score (nSPS) is 13.1. The van der Waals surface area contributed by atoms with Crippen molar-refractivity contribution in [2.75, 3.05) is 7.11 Å². The van der Waals surface area contributed by atoms with Crippen molar-refractivity contribution in [2.45, 2.75) is 40.0 Å². The molecule has 0 fully saturated rings. The number of ether oxygens (including phenoxy) is 1. The minimum absolute atomic E-state index is 0.416. The Morgan fingerprint density at radius 3 is 2.59 bits per heavy atom. The molecular formula is C15H21ClO. The third kappa shape index (κ3) is 3.04. The van der Waals surface area contributed by atoms with E-state index < -0.39 is 0 Å². The van der Waals surface area contributed by atoms with E-state index in [0.29, 0.717) is 5.92 Å². The Hall–Kier alpha value is -0.950. The largest absolute Gasteiger partial charge is 0.496 e. The standard InChI is InChI=1S/C15H21ClO/c1-6-7-8-10(2)14-12(4)15(16)11(3)9-13(14)17-5/h6-7,9-10H,8H2,1-5H3/b7-6-. The summed E-state index contributed by atoms with van der Waals surface area (Å²) in [5.41, 5.74) is 3.43. The first-order chi connectivity index (χ1) is 8.02. The van der Waals surface area contributed by atoms with Crippen molar-refractivity contribution < 1.29 is 4.74 Å². The first-order valence-corrected chi connectivity index (χ1v) is 6.35. The van der Waals surface area contributed by atoms with Crippen LogP contribution in [-0.2, 0) is 0 Å². The van der Waals surface area contributed by atoms with Gasteiger partial charge in [0.05, 0.1) is 7.11 Å². The Labute approximate surface area is 109 Å². The lowest BCUT2D eigenvalue weighted by atomic mass is 9.91. The van der Waals surface area contributed by atoms with Gasteiger partial charge in [-0.25, -0.2) is 0 Å². The molecule has 1 aromatic carbocycles.